The number of rotatable bonds is 0. The summed E-state index contributed by atoms with van der Waals surface area (Å²) >= 11 is 0.674. The van der Waals surface area contributed by atoms with Crippen LogP contribution in [0.2, 0.25) is 0 Å². The van der Waals surface area contributed by atoms with Crippen molar-refractivity contribution in [1.82, 2.24) is 0 Å². The smallest absolute Gasteiger partial charge is 0.226 e. The Labute approximate surface area is 46.2 Å². The zero-order valence-electron chi connectivity index (χ0n) is 2.65. The molecule has 0 aliphatic heterocycles. The van der Waals surface area contributed by atoms with Crippen LogP contribution in [0.3, 0.4) is 0 Å². The van der Waals surface area contributed by atoms with E-state index in [2.05, 4.69) is 0 Å². The third-order valence-electron chi connectivity index (χ3n) is 0. The molecule has 0 aromatic carbocycles. The maximum Gasteiger partial charge on any atom is 0.376 e. The molecule has 4 heavy (non-hydrogen) atoms. The van der Waals surface area contributed by atoms with E-state index in [0.717, 1.165) is 0 Å². The molecule has 0 N–H and O–H groups in total. The Balaban J connectivity index is 0. The molecule has 0 saturated carbocycles. The fraction of sp³-hybridized carbons (Fsp3) is 0. The van der Waals surface area contributed by atoms with Gasteiger partial charge in [-0.1, -0.05) is 4.93 Å². The first-order chi connectivity index (χ1) is 1.41. The van der Waals surface area contributed by atoms with Crippen molar-refractivity contribution in [3.63, 3.8) is 0 Å². The summed E-state index contributed by atoms with van der Waals surface area (Å²) in [6.45, 7) is 0. The molecule has 0 bridgehead atoms. The second kappa shape index (κ2) is 9.42. The Morgan fingerprint density at radius 1 is 1.75 bits per heavy atom. The van der Waals surface area contributed by atoms with Gasteiger partial charge in [-0.3, -0.25) is 0 Å². The standard InChI is InChI=1S/CN.Al.Zn.2H/c1-2;;;;. The van der Waals surface area contributed by atoms with E-state index in [4.69, 9.17) is 5.26 Å². The molecule has 0 saturated heterocycles. The molecule has 0 aliphatic rings. The van der Waals surface area contributed by atoms with Gasteiger partial charge in [0.15, 0.2) is 0 Å². The Morgan fingerprint density at radius 2 is 1.75 bits per heavy atom. The summed E-state index contributed by atoms with van der Waals surface area (Å²) in [7, 11) is 0. The minimum atomic E-state index is 0. The van der Waals surface area contributed by atoms with Gasteiger partial charge in [0, 0.05) is 19.5 Å². The molecule has 0 atom stereocenters. The first-order valence-corrected chi connectivity index (χ1v) is 1.72. The molecule has 0 heterocycles. The van der Waals surface area contributed by atoms with Crippen LogP contribution in [0.5, 0.6) is 0 Å². The van der Waals surface area contributed by atoms with Crippen molar-refractivity contribution in [2.75, 3.05) is 0 Å². The first-order valence-electron chi connectivity index (χ1n) is 0.724. The van der Waals surface area contributed by atoms with Gasteiger partial charge in [0.25, 0.3) is 0 Å². The van der Waals surface area contributed by atoms with Gasteiger partial charge in [-0.2, -0.15) is 0 Å². The summed E-state index contributed by atoms with van der Waals surface area (Å²) in [5.41, 5.74) is 0. The summed E-state index contributed by atoms with van der Waals surface area (Å²) in [6, 6.07) is 0. The van der Waals surface area contributed by atoms with Gasteiger partial charge < -0.3 is 0 Å². The Morgan fingerprint density at radius 3 is 1.75 bits per heavy atom. The average Bonchev–Trinajstić information content (AvgIpc) is 0.918. The summed E-state index contributed by atoms with van der Waals surface area (Å²) in [4.78, 5) is 1.89. The maximum absolute atomic E-state index is 7.38. The van der Waals surface area contributed by atoms with Crippen molar-refractivity contribution in [3.8, 4) is 4.93 Å². The molecule has 0 aromatic rings. The first kappa shape index (κ1) is 8.82. The third-order valence-corrected chi connectivity index (χ3v) is 0. The molecule has 0 amide bonds. The Hall–Kier alpha value is 0.646. The molecule has 0 fully saturated rings. The van der Waals surface area contributed by atoms with Crippen LogP contribution in [-0.2, 0) is 19.5 Å². The Kier molecular flexibility index (Phi) is 20.8. The average molecular weight is 120 g/mol. The van der Waals surface area contributed by atoms with Crippen molar-refractivity contribution < 1.29 is 19.5 Å². The summed E-state index contributed by atoms with van der Waals surface area (Å²) in [5.74, 6) is 0. The van der Waals surface area contributed by atoms with Gasteiger partial charge in [0.05, 0.1) is 0 Å². The number of nitriles is 1. The molecular formula is CH2AlNZn. The van der Waals surface area contributed by atoms with Gasteiger partial charge in [-0.15, -0.1) is 0 Å². The molecule has 0 aliphatic carbocycles. The summed E-state index contributed by atoms with van der Waals surface area (Å²) in [5, 5.41) is 7.38. The monoisotopic (exact) mass is 119 g/mol. The number of nitrogens with zero attached hydrogens (tertiary/aromatic N) is 1. The van der Waals surface area contributed by atoms with Crippen LogP contribution >= 0.6 is 0 Å². The molecule has 16 valence electrons. The van der Waals surface area contributed by atoms with Crippen LogP contribution in [0.15, 0.2) is 0 Å². The van der Waals surface area contributed by atoms with Crippen LogP contribution in [0.25, 0.3) is 0 Å². The normalized spacial score (nSPS) is 1.75. The van der Waals surface area contributed by atoms with Gasteiger partial charge in [0.1, 0.15) is 0 Å². The van der Waals surface area contributed by atoms with Crippen LogP contribution < -0.4 is 0 Å². The fourth-order valence-corrected chi connectivity index (χ4v) is 0. The fourth-order valence-electron chi connectivity index (χ4n) is 0. The predicted octanol–water partition coefficient (Wildman–Crippen LogP) is -0.902. The minimum Gasteiger partial charge on any atom is -0.226 e. The van der Waals surface area contributed by atoms with E-state index >= 15 is 0 Å². The minimum absolute atomic E-state index is 0. The van der Waals surface area contributed by atoms with E-state index in [1.165, 1.54) is 0 Å². The quantitative estimate of drug-likeness (QED) is 0.380. The van der Waals surface area contributed by atoms with E-state index in [0.29, 0.717) is 16.3 Å². The zero-order chi connectivity index (χ0) is 2.71. The number of hydrogen-bond donors (Lipinski definition) is 0. The summed E-state index contributed by atoms with van der Waals surface area (Å²) in [6.07, 6.45) is 0. The van der Waals surface area contributed by atoms with Gasteiger partial charge in [-0.25, -0.2) is 5.26 Å². The second-order valence-corrected chi connectivity index (χ2v) is 0.671. The van der Waals surface area contributed by atoms with Crippen molar-refractivity contribution >= 4 is 16.3 Å². The van der Waals surface area contributed by atoms with Crippen molar-refractivity contribution in [1.29, 1.82) is 5.26 Å². The molecule has 1 nitrogen and oxygen atoms in total. The van der Waals surface area contributed by atoms with Crippen LogP contribution in [0.4, 0.5) is 0 Å². The van der Waals surface area contributed by atoms with Gasteiger partial charge in [0.2, 0.25) is 0 Å². The van der Waals surface area contributed by atoms with Crippen LogP contribution in [0, 0.1) is 10.2 Å². The van der Waals surface area contributed by atoms with E-state index in [-0.39, 0.29) is 19.5 Å². The summed E-state index contributed by atoms with van der Waals surface area (Å²) < 4.78 is 0. The molecular weight excluding hydrogens is 118 g/mol. The van der Waals surface area contributed by atoms with E-state index < -0.39 is 0 Å². The largest absolute Gasteiger partial charge is 0.376 e. The van der Waals surface area contributed by atoms with Gasteiger partial charge >= 0.3 is 16.3 Å². The SMILES string of the molecule is N#[C][AlH2].[Zn]. The molecule has 0 radical (unpaired) electrons. The zero-order valence-corrected chi connectivity index (χ0v) is 7.62. The molecule has 0 aromatic heterocycles. The van der Waals surface area contributed by atoms with Crippen molar-refractivity contribution in [3.05, 3.63) is 0 Å². The molecule has 0 spiro atoms. The van der Waals surface area contributed by atoms with Crippen molar-refractivity contribution in [2.24, 2.45) is 0 Å². The molecule has 3 heteroatoms. The molecule has 0 unspecified atom stereocenters. The number of hydrogen-bond acceptors (Lipinski definition) is 1. The van der Waals surface area contributed by atoms with E-state index in [1.54, 1.807) is 0 Å². The van der Waals surface area contributed by atoms with Crippen molar-refractivity contribution in [2.45, 2.75) is 0 Å². The van der Waals surface area contributed by atoms with E-state index in [9.17, 15) is 0 Å². The second-order valence-electron chi connectivity index (χ2n) is 0.224. The predicted molar refractivity (Wildman–Crippen MR) is 14.2 cm³/mol. The Bertz CT molecular complexity index is 29.5. The van der Waals surface area contributed by atoms with Crippen LogP contribution in [0.1, 0.15) is 0 Å². The van der Waals surface area contributed by atoms with Gasteiger partial charge in [-0.05, 0) is 0 Å². The third kappa shape index (κ3) is 17.2. The topological polar surface area (TPSA) is 23.8 Å². The van der Waals surface area contributed by atoms with Crippen LogP contribution in [-0.4, -0.2) is 16.3 Å². The maximum atomic E-state index is 7.38. The van der Waals surface area contributed by atoms with E-state index in [1.807, 2.05) is 4.93 Å². The molecule has 0 rings (SSSR count).